The minimum absolute atomic E-state index is 0.776. The van der Waals surface area contributed by atoms with E-state index in [9.17, 15) is 0 Å². The monoisotopic (exact) mass is 312 g/mol. The van der Waals surface area contributed by atoms with Gasteiger partial charge in [0.1, 0.15) is 0 Å². The van der Waals surface area contributed by atoms with Gasteiger partial charge in [0, 0.05) is 22.8 Å². The summed E-state index contributed by atoms with van der Waals surface area (Å²) in [5.74, 6) is 1.66. The SMILES string of the molecule is CCNCc1cc(Br)cnc1OCCC1CCC1. The number of hydrogen-bond donors (Lipinski definition) is 1. The largest absolute Gasteiger partial charge is 0.477 e. The molecule has 18 heavy (non-hydrogen) atoms. The van der Waals surface area contributed by atoms with Gasteiger partial charge in [0.2, 0.25) is 5.88 Å². The number of rotatable bonds is 7. The molecule has 0 aromatic carbocycles. The Kier molecular flexibility index (Phi) is 5.45. The second-order valence-corrected chi connectivity index (χ2v) is 5.75. The molecule has 1 aliphatic rings. The van der Waals surface area contributed by atoms with E-state index in [1.54, 1.807) is 6.20 Å². The molecule has 0 bridgehead atoms. The number of nitrogens with zero attached hydrogens (tertiary/aromatic N) is 1. The lowest BCUT2D eigenvalue weighted by atomic mass is 9.83. The van der Waals surface area contributed by atoms with Crippen LogP contribution in [0.1, 0.15) is 38.2 Å². The molecule has 4 heteroatoms. The quantitative estimate of drug-likeness (QED) is 0.836. The third-order valence-corrected chi connectivity index (χ3v) is 3.88. The van der Waals surface area contributed by atoms with Crippen molar-refractivity contribution in [2.45, 2.75) is 39.2 Å². The molecule has 0 amide bonds. The van der Waals surface area contributed by atoms with Crippen molar-refractivity contribution in [3.8, 4) is 5.88 Å². The summed E-state index contributed by atoms with van der Waals surface area (Å²) in [7, 11) is 0. The maximum Gasteiger partial charge on any atom is 0.217 e. The van der Waals surface area contributed by atoms with Crippen LogP contribution in [0.2, 0.25) is 0 Å². The van der Waals surface area contributed by atoms with Crippen LogP contribution in [-0.2, 0) is 6.54 Å². The van der Waals surface area contributed by atoms with Gasteiger partial charge in [-0.3, -0.25) is 0 Å². The highest BCUT2D eigenvalue weighted by molar-refractivity contribution is 9.10. The van der Waals surface area contributed by atoms with Crippen LogP contribution in [0, 0.1) is 5.92 Å². The molecule has 1 N–H and O–H groups in total. The number of halogens is 1. The fraction of sp³-hybridized carbons (Fsp3) is 0.643. The number of aromatic nitrogens is 1. The Morgan fingerprint density at radius 2 is 2.33 bits per heavy atom. The highest BCUT2D eigenvalue weighted by Gasteiger charge is 2.17. The van der Waals surface area contributed by atoms with Gasteiger partial charge in [-0.25, -0.2) is 4.98 Å². The molecule has 0 radical (unpaired) electrons. The van der Waals surface area contributed by atoms with Crippen LogP contribution in [0.25, 0.3) is 0 Å². The Labute approximate surface area is 117 Å². The van der Waals surface area contributed by atoms with E-state index >= 15 is 0 Å². The molecule has 1 aromatic rings. The second kappa shape index (κ2) is 7.10. The third-order valence-electron chi connectivity index (χ3n) is 3.45. The van der Waals surface area contributed by atoms with E-state index in [0.717, 1.165) is 41.5 Å². The van der Waals surface area contributed by atoms with Gasteiger partial charge in [0.05, 0.1) is 6.61 Å². The van der Waals surface area contributed by atoms with E-state index in [1.807, 2.05) is 0 Å². The lowest BCUT2D eigenvalue weighted by Crippen LogP contribution is -2.16. The fourth-order valence-electron chi connectivity index (χ4n) is 2.09. The van der Waals surface area contributed by atoms with Crippen molar-refractivity contribution in [1.82, 2.24) is 10.3 Å². The van der Waals surface area contributed by atoms with Crippen LogP contribution in [0.5, 0.6) is 5.88 Å². The van der Waals surface area contributed by atoms with Crippen molar-refractivity contribution in [3.63, 3.8) is 0 Å². The highest BCUT2D eigenvalue weighted by Crippen LogP contribution is 2.29. The lowest BCUT2D eigenvalue weighted by Gasteiger charge is -2.25. The molecule has 1 heterocycles. The molecule has 1 aromatic heterocycles. The molecule has 0 atom stereocenters. The molecule has 0 aliphatic heterocycles. The zero-order valence-electron chi connectivity index (χ0n) is 10.9. The van der Waals surface area contributed by atoms with Gasteiger partial charge in [0.25, 0.3) is 0 Å². The van der Waals surface area contributed by atoms with E-state index < -0.39 is 0 Å². The minimum Gasteiger partial charge on any atom is -0.477 e. The molecule has 1 saturated carbocycles. The standard InChI is InChI=1S/C14H21BrN2O/c1-2-16-9-12-8-13(15)10-17-14(12)18-7-6-11-4-3-5-11/h8,10-11,16H,2-7,9H2,1H3. The second-order valence-electron chi connectivity index (χ2n) is 4.83. The first-order valence-corrected chi connectivity index (χ1v) is 7.57. The number of nitrogens with one attached hydrogen (secondary N) is 1. The average molecular weight is 313 g/mol. The van der Waals surface area contributed by atoms with Crippen molar-refractivity contribution < 1.29 is 4.74 Å². The summed E-state index contributed by atoms with van der Waals surface area (Å²) < 4.78 is 6.83. The molecule has 0 spiro atoms. The van der Waals surface area contributed by atoms with E-state index in [4.69, 9.17) is 4.74 Å². The molecule has 1 aliphatic carbocycles. The van der Waals surface area contributed by atoms with Crippen LogP contribution >= 0.6 is 15.9 Å². The van der Waals surface area contributed by atoms with Crippen molar-refractivity contribution >= 4 is 15.9 Å². The first-order chi connectivity index (χ1) is 8.79. The minimum atomic E-state index is 0.776. The van der Waals surface area contributed by atoms with Crippen molar-refractivity contribution in [2.24, 2.45) is 5.92 Å². The Balaban J connectivity index is 1.87. The molecule has 0 unspecified atom stereocenters. The zero-order valence-corrected chi connectivity index (χ0v) is 12.5. The van der Waals surface area contributed by atoms with Gasteiger partial charge < -0.3 is 10.1 Å². The molecular formula is C14H21BrN2O. The first kappa shape index (κ1) is 13.8. The van der Waals surface area contributed by atoms with Crippen molar-refractivity contribution in [1.29, 1.82) is 0 Å². The summed E-state index contributed by atoms with van der Waals surface area (Å²) >= 11 is 3.45. The van der Waals surface area contributed by atoms with Gasteiger partial charge in [-0.15, -0.1) is 0 Å². The maximum absolute atomic E-state index is 5.82. The zero-order chi connectivity index (χ0) is 12.8. The first-order valence-electron chi connectivity index (χ1n) is 6.77. The van der Waals surface area contributed by atoms with E-state index in [2.05, 4.69) is 39.2 Å². The van der Waals surface area contributed by atoms with Gasteiger partial charge in [-0.05, 0) is 40.9 Å². The normalized spacial score (nSPS) is 15.4. The van der Waals surface area contributed by atoms with E-state index in [0.29, 0.717) is 0 Å². The average Bonchev–Trinajstić information content (AvgIpc) is 2.31. The summed E-state index contributed by atoms with van der Waals surface area (Å²) in [6, 6.07) is 2.08. The Bertz CT molecular complexity index is 380. The van der Waals surface area contributed by atoms with Crippen LogP contribution in [-0.4, -0.2) is 18.1 Å². The predicted molar refractivity (Wildman–Crippen MR) is 76.8 cm³/mol. The summed E-state index contributed by atoms with van der Waals surface area (Å²) in [6.07, 6.45) is 7.11. The molecule has 1 fully saturated rings. The maximum atomic E-state index is 5.82. The van der Waals surface area contributed by atoms with Crippen molar-refractivity contribution in [2.75, 3.05) is 13.2 Å². The summed E-state index contributed by atoms with van der Waals surface area (Å²) in [6.45, 7) is 4.65. The topological polar surface area (TPSA) is 34.2 Å². The fourth-order valence-corrected chi connectivity index (χ4v) is 2.47. The van der Waals surface area contributed by atoms with E-state index in [1.165, 1.54) is 25.7 Å². The Morgan fingerprint density at radius 1 is 1.50 bits per heavy atom. The summed E-state index contributed by atoms with van der Waals surface area (Å²) in [5, 5.41) is 3.31. The number of ether oxygens (including phenoxy) is 1. The van der Waals surface area contributed by atoms with Crippen LogP contribution in [0.4, 0.5) is 0 Å². The van der Waals surface area contributed by atoms with Gasteiger partial charge in [-0.2, -0.15) is 0 Å². The molecule has 100 valence electrons. The number of pyridine rings is 1. The smallest absolute Gasteiger partial charge is 0.217 e. The third kappa shape index (κ3) is 3.95. The molecule has 2 rings (SSSR count). The van der Waals surface area contributed by atoms with Gasteiger partial charge in [-0.1, -0.05) is 26.2 Å². The molecule has 3 nitrogen and oxygen atoms in total. The Hall–Kier alpha value is -0.610. The summed E-state index contributed by atoms with van der Waals surface area (Å²) in [4.78, 5) is 4.36. The van der Waals surface area contributed by atoms with Crippen LogP contribution < -0.4 is 10.1 Å². The summed E-state index contributed by atoms with van der Waals surface area (Å²) in [5.41, 5.74) is 1.12. The number of hydrogen-bond acceptors (Lipinski definition) is 3. The van der Waals surface area contributed by atoms with Crippen molar-refractivity contribution in [3.05, 3.63) is 22.3 Å². The van der Waals surface area contributed by atoms with Gasteiger partial charge >= 0.3 is 0 Å². The van der Waals surface area contributed by atoms with Gasteiger partial charge in [0.15, 0.2) is 0 Å². The molecular weight excluding hydrogens is 292 g/mol. The van der Waals surface area contributed by atoms with Crippen LogP contribution in [0.15, 0.2) is 16.7 Å². The van der Waals surface area contributed by atoms with Crippen LogP contribution in [0.3, 0.4) is 0 Å². The van der Waals surface area contributed by atoms with E-state index in [-0.39, 0.29) is 0 Å². The lowest BCUT2D eigenvalue weighted by molar-refractivity contribution is 0.216. The Morgan fingerprint density at radius 3 is 3.00 bits per heavy atom. The highest BCUT2D eigenvalue weighted by atomic mass is 79.9. The molecule has 0 saturated heterocycles. The predicted octanol–water partition coefficient (Wildman–Crippen LogP) is 3.52.